The van der Waals surface area contributed by atoms with Crippen molar-refractivity contribution in [2.75, 3.05) is 6.61 Å². The average Bonchev–Trinajstić information content (AvgIpc) is 2.00. The molecule has 0 radical (unpaired) electrons. The van der Waals surface area contributed by atoms with Gasteiger partial charge in [-0.1, -0.05) is 25.6 Å². The summed E-state index contributed by atoms with van der Waals surface area (Å²) in [6.45, 7) is 9.44. The van der Waals surface area contributed by atoms with Crippen LogP contribution in [0.25, 0.3) is 0 Å². The molecule has 3 nitrogen and oxygen atoms in total. The molecule has 0 amide bonds. The van der Waals surface area contributed by atoms with Crippen LogP contribution in [0.4, 0.5) is 0 Å². The van der Waals surface area contributed by atoms with Crippen LogP contribution in [-0.2, 0) is 9.53 Å². The lowest BCUT2D eigenvalue weighted by molar-refractivity contribution is -0.157. The molecule has 14 heavy (non-hydrogen) atoms. The van der Waals surface area contributed by atoms with Crippen LogP contribution in [0.1, 0.15) is 13.8 Å². The van der Waals surface area contributed by atoms with Crippen molar-refractivity contribution in [3.05, 3.63) is 0 Å². The van der Waals surface area contributed by atoms with Crippen molar-refractivity contribution < 1.29 is 14.6 Å². The van der Waals surface area contributed by atoms with E-state index >= 15 is 0 Å². The monoisotopic (exact) mass is 214 g/mol. The van der Waals surface area contributed by atoms with Gasteiger partial charge in [-0.3, -0.25) is 0 Å². The molecule has 0 aromatic heterocycles. The van der Waals surface area contributed by atoms with Gasteiger partial charge in [0.2, 0.25) is 5.60 Å². The van der Waals surface area contributed by atoms with Gasteiger partial charge in [0.15, 0.2) is 0 Å². The summed E-state index contributed by atoms with van der Waals surface area (Å²) >= 11 is 0. The fourth-order valence-electron chi connectivity index (χ4n) is 0.632. The number of carbonyl (C=O) groups is 1. The lowest BCUT2D eigenvalue weighted by Crippen LogP contribution is -2.36. The number of hydrogen-bond donors (Lipinski definition) is 1. The Morgan fingerprint density at radius 3 is 2.36 bits per heavy atom. The van der Waals surface area contributed by atoms with Gasteiger partial charge in [0.05, 0.1) is 6.61 Å². The standard InChI is InChI=1S/C10H18O3Si/c1-6-13-9(11)10(2,12)7-8-14(3,4)5/h12H,6H2,1-5H3. The number of rotatable bonds is 2. The van der Waals surface area contributed by atoms with E-state index in [0.29, 0.717) is 0 Å². The fourth-order valence-corrected chi connectivity index (χ4v) is 1.25. The van der Waals surface area contributed by atoms with Crippen molar-refractivity contribution >= 4 is 14.0 Å². The van der Waals surface area contributed by atoms with Crippen molar-refractivity contribution in [2.24, 2.45) is 0 Å². The Hall–Kier alpha value is -0.793. The van der Waals surface area contributed by atoms with Gasteiger partial charge >= 0.3 is 5.97 Å². The molecule has 1 atom stereocenters. The van der Waals surface area contributed by atoms with Gasteiger partial charge < -0.3 is 9.84 Å². The first-order valence-corrected chi connectivity index (χ1v) is 8.13. The highest BCUT2D eigenvalue weighted by molar-refractivity contribution is 6.83. The van der Waals surface area contributed by atoms with E-state index < -0.39 is 19.6 Å². The highest BCUT2D eigenvalue weighted by atomic mass is 28.3. The molecule has 0 fully saturated rings. The third-order valence-corrected chi connectivity index (χ3v) is 2.23. The van der Waals surface area contributed by atoms with Gasteiger partial charge in [-0.05, 0) is 13.8 Å². The van der Waals surface area contributed by atoms with Crippen molar-refractivity contribution in [3.8, 4) is 11.5 Å². The maximum absolute atomic E-state index is 11.2. The number of carbonyl (C=O) groups excluding carboxylic acids is 1. The maximum atomic E-state index is 11.2. The Morgan fingerprint density at radius 2 is 2.00 bits per heavy atom. The molecule has 1 unspecified atom stereocenters. The van der Waals surface area contributed by atoms with Gasteiger partial charge in [-0.2, -0.15) is 0 Å². The molecule has 0 heterocycles. The molecule has 4 heteroatoms. The minimum absolute atomic E-state index is 0.254. The Kier molecular flexibility index (Phi) is 4.36. The fraction of sp³-hybridized carbons (Fsp3) is 0.700. The Labute approximate surface area is 86.5 Å². The quantitative estimate of drug-likeness (QED) is 0.426. The van der Waals surface area contributed by atoms with Crippen LogP contribution in [0.3, 0.4) is 0 Å². The summed E-state index contributed by atoms with van der Waals surface area (Å²) in [6.07, 6.45) is 0. The second kappa shape index (κ2) is 4.62. The van der Waals surface area contributed by atoms with Crippen LogP contribution in [0.5, 0.6) is 0 Å². The van der Waals surface area contributed by atoms with E-state index in [1.165, 1.54) is 6.92 Å². The van der Waals surface area contributed by atoms with Crippen LogP contribution in [0.15, 0.2) is 0 Å². The van der Waals surface area contributed by atoms with Gasteiger partial charge in [-0.15, -0.1) is 5.54 Å². The molecular weight excluding hydrogens is 196 g/mol. The molecular formula is C10H18O3Si. The second-order valence-corrected chi connectivity index (χ2v) is 9.04. The minimum atomic E-state index is -1.67. The van der Waals surface area contributed by atoms with Gasteiger partial charge in [0.25, 0.3) is 0 Å². The number of esters is 1. The number of aliphatic hydroxyl groups is 1. The molecule has 0 rings (SSSR count). The van der Waals surface area contributed by atoms with E-state index in [1.54, 1.807) is 6.92 Å². The molecule has 0 spiro atoms. The van der Waals surface area contributed by atoms with Crippen molar-refractivity contribution in [3.63, 3.8) is 0 Å². The van der Waals surface area contributed by atoms with E-state index in [9.17, 15) is 9.90 Å². The van der Waals surface area contributed by atoms with Crippen LogP contribution >= 0.6 is 0 Å². The molecule has 0 aliphatic carbocycles. The minimum Gasteiger partial charge on any atom is -0.463 e. The summed E-state index contributed by atoms with van der Waals surface area (Å²) in [7, 11) is -1.56. The highest BCUT2D eigenvalue weighted by Crippen LogP contribution is 2.06. The predicted octanol–water partition coefficient (Wildman–Crippen LogP) is 1.18. The number of hydrogen-bond acceptors (Lipinski definition) is 3. The molecule has 0 aliphatic rings. The lowest BCUT2D eigenvalue weighted by Gasteiger charge is -2.15. The van der Waals surface area contributed by atoms with E-state index in [1.807, 2.05) is 19.6 Å². The SMILES string of the molecule is CCOC(=O)C(C)(O)C#C[Si](C)(C)C. The average molecular weight is 214 g/mol. The molecule has 0 aromatic carbocycles. The third kappa shape index (κ3) is 5.05. The Morgan fingerprint density at radius 1 is 1.50 bits per heavy atom. The highest BCUT2D eigenvalue weighted by Gasteiger charge is 2.29. The molecule has 0 saturated carbocycles. The zero-order valence-corrected chi connectivity index (χ0v) is 10.5. The smallest absolute Gasteiger partial charge is 0.350 e. The molecule has 0 aliphatic heterocycles. The lowest BCUT2D eigenvalue weighted by atomic mass is 10.1. The van der Waals surface area contributed by atoms with E-state index in [2.05, 4.69) is 11.5 Å². The zero-order valence-electron chi connectivity index (χ0n) is 9.47. The van der Waals surface area contributed by atoms with E-state index in [-0.39, 0.29) is 6.61 Å². The summed E-state index contributed by atoms with van der Waals surface area (Å²) in [6, 6.07) is 0. The normalized spacial score (nSPS) is 15.0. The third-order valence-electron chi connectivity index (χ3n) is 1.35. The first-order chi connectivity index (χ1) is 6.19. The summed E-state index contributed by atoms with van der Waals surface area (Å²) in [5, 5.41) is 9.65. The second-order valence-electron chi connectivity index (χ2n) is 4.29. The maximum Gasteiger partial charge on any atom is 0.350 e. The van der Waals surface area contributed by atoms with Crippen molar-refractivity contribution in [1.82, 2.24) is 0 Å². The van der Waals surface area contributed by atoms with Crippen LogP contribution in [0, 0.1) is 11.5 Å². The van der Waals surface area contributed by atoms with E-state index in [0.717, 1.165) is 0 Å². The molecule has 0 saturated heterocycles. The predicted molar refractivity (Wildman–Crippen MR) is 58.4 cm³/mol. The summed E-state index contributed by atoms with van der Waals surface area (Å²) in [5.74, 6) is 1.90. The molecule has 80 valence electrons. The van der Waals surface area contributed by atoms with Gasteiger partial charge in [0.1, 0.15) is 8.07 Å². The summed E-state index contributed by atoms with van der Waals surface area (Å²) in [5.41, 5.74) is 1.27. The van der Waals surface area contributed by atoms with Crippen molar-refractivity contribution in [1.29, 1.82) is 0 Å². The van der Waals surface area contributed by atoms with Crippen LogP contribution in [-0.4, -0.2) is 31.4 Å². The topological polar surface area (TPSA) is 46.5 Å². The Bertz CT molecular complexity index is 265. The van der Waals surface area contributed by atoms with Crippen LogP contribution < -0.4 is 0 Å². The first kappa shape index (κ1) is 13.2. The Balaban J connectivity index is 4.61. The zero-order chi connectivity index (χ0) is 11.4. The molecule has 1 N–H and O–H groups in total. The summed E-state index contributed by atoms with van der Waals surface area (Å²) < 4.78 is 4.70. The largest absolute Gasteiger partial charge is 0.463 e. The van der Waals surface area contributed by atoms with Gasteiger partial charge in [0, 0.05) is 0 Å². The first-order valence-electron chi connectivity index (χ1n) is 4.63. The van der Waals surface area contributed by atoms with Crippen molar-refractivity contribution in [2.45, 2.75) is 39.1 Å². The summed E-state index contributed by atoms with van der Waals surface area (Å²) in [4.78, 5) is 11.2. The number of ether oxygens (including phenoxy) is 1. The molecule has 0 aromatic rings. The molecule has 0 bridgehead atoms. The van der Waals surface area contributed by atoms with Gasteiger partial charge in [-0.25, -0.2) is 4.79 Å². The van der Waals surface area contributed by atoms with E-state index in [4.69, 9.17) is 4.74 Å². The van der Waals surface area contributed by atoms with Crippen LogP contribution in [0.2, 0.25) is 19.6 Å².